The number of nitrogens with one attached hydrogen (secondary N) is 2. The maximum atomic E-state index is 12.6. The Kier molecular flexibility index (Phi) is 5.65. The summed E-state index contributed by atoms with van der Waals surface area (Å²) in [6.45, 7) is 4.70. The molecule has 0 spiro atoms. The second-order valence-corrected chi connectivity index (χ2v) is 8.47. The first-order valence-electron chi connectivity index (χ1n) is 10.6. The van der Waals surface area contributed by atoms with Gasteiger partial charge in [-0.3, -0.25) is 14.3 Å². The largest absolute Gasteiger partial charge is 0.356 e. The van der Waals surface area contributed by atoms with Crippen molar-refractivity contribution in [3.63, 3.8) is 0 Å². The van der Waals surface area contributed by atoms with Gasteiger partial charge in [0.1, 0.15) is 5.82 Å². The average Bonchev–Trinajstić information content (AvgIpc) is 3.28. The lowest BCUT2D eigenvalue weighted by atomic mass is 9.71. The summed E-state index contributed by atoms with van der Waals surface area (Å²) in [5.41, 5.74) is 4.13. The fraction of sp³-hybridized carbons (Fsp3) is 0.545. The molecule has 1 aliphatic carbocycles. The minimum Gasteiger partial charge on any atom is -0.356 e. The normalized spacial score (nSPS) is 16.2. The molecule has 7 nitrogen and oxygen atoms in total. The van der Waals surface area contributed by atoms with Crippen LogP contribution in [0.3, 0.4) is 0 Å². The summed E-state index contributed by atoms with van der Waals surface area (Å²) in [4.78, 5) is 12.6. The van der Waals surface area contributed by atoms with E-state index in [-0.39, 0.29) is 11.3 Å². The number of hydrogen-bond donors (Lipinski definition) is 2. The van der Waals surface area contributed by atoms with Crippen LogP contribution in [0.1, 0.15) is 61.3 Å². The minimum atomic E-state index is 0.0637. The minimum absolute atomic E-state index is 0.0637. The van der Waals surface area contributed by atoms with Gasteiger partial charge in [0, 0.05) is 31.3 Å². The fourth-order valence-electron chi connectivity index (χ4n) is 4.62. The van der Waals surface area contributed by atoms with Gasteiger partial charge < -0.3 is 5.32 Å². The number of amides is 1. The standard InChI is InChI=1S/C22H30N6O/c1-16-18(17(2)25-24-16)9-10-21(29)23-15-22(11-5-3-6-12-22)14-20-27-26-19-8-4-7-13-28(19)20/h4,7-8,13H,3,5-6,9-12,14-15H2,1-2H3,(H,23,29)(H,24,25). The molecule has 1 saturated carbocycles. The molecule has 29 heavy (non-hydrogen) atoms. The van der Waals surface area contributed by atoms with E-state index in [9.17, 15) is 4.79 Å². The van der Waals surface area contributed by atoms with Crippen LogP contribution in [-0.4, -0.2) is 37.2 Å². The second-order valence-electron chi connectivity index (χ2n) is 8.47. The van der Waals surface area contributed by atoms with Crippen molar-refractivity contribution in [3.8, 4) is 0 Å². The Morgan fingerprint density at radius 1 is 1.21 bits per heavy atom. The van der Waals surface area contributed by atoms with E-state index in [2.05, 4.69) is 30.1 Å². The number of fused-ring (bicyclic) bond motifs is 1. The number of hydrogen-bond acceptors (Lipinski definition) is 4. The van der Waals surface area contributed by atoms with Gasteiger partial charge in [0.15, 0.2) is 5.65 Å². The number of aromatic nitrogens is 5. The molecule has 7 heteroatoms. The monoisotopic (exact) mass is 394 g/mol. The lowest BCUT2D eigenvalue weighted by Gasteiger charge is -2.37. The Morgan fingerprint density at radius 3 is 2.79 bits per heavy atom. The van der Waals surface area contributed by atoms with Crippen LogP contribution in [0.2, 0.25) is 0 Å². The van der Waals surface area contributed by atoms with Crippen LogP contribution in [0.4, 0.5) is 0 Å². The number of carbonyl (C=O) groups is 1. The van der Waals surface area contributed by atoms with Gasteiger partial charge in [0.05, 0.1) is 5.69 Å². The van der Waals surface area contributed by atoms with Crippen molar-refractivity contribution in [1.29, 1.82) is 0 Å². The lowest BCUT2D eigenvalue weighted by molar-refractivity contribution is -0.121. The van der Waals surface area contributed by atoms with Crippen molar-refractivity contribution < 1.29 is 4.79 Å². The van der Waals surface area contributed by atoms with Crippen LogP contribution in [0, 0.1) is 19.3 Å². The molecule has 1 amide bonds. The second kappa shape index (κ2) is 8.35. The molecule has 3 heterocycles. The quantitative estimate of drug-likeness (QED) is 0.643. The van der Waals surface area contributed by atoms with Crippen LogP contribution in [0.15, 0.2) is 24.4 Å². The van der Waals surface area contributed by atoms with E-state index in [4.69, 9.17) is 0 Å². The van der Waals surface area contributed by atoms with E-state index in [1.54, 1.807) is 0 Å². The lowest BCUT2D eigenvalue weighted by Crippen LogP contribution is -2.41. The Morgan fingerprint density at radius 2 is 2.03 bits per heavy atom. The number of aromatic amines is 1. The van der Waals surface area contributed by atoms with Gasteiger partial charge >= 0.3 is 0 Å². The van der Waals surface area contributed by atoms with Gasteiger partial charge in [-0.25, -0.2) is 0 Å². The number of carbonyl (C=O) groups excluding carboxylic acids is 1. The molecule has 1 aliphatic rings. The van der Waals surface area contributed by atoms with E-state index in [1.807, 2.05) is 38.2 Å². The third kappa shape index (κ3) is 4.33. The van der Waals surface area contributed by atoms with Gasteiger partial charge in [-0.05, 0) is 56.2 Å². The average molecular weight is 395 g/mol. The van der Waals surface area contributed by atoms with Crippen LogP contribution in [-0.2, 0) is 17.6 Å². The molecule has 0 aliphatic heterocycles. The molecular formula is C22H30N6O. The molecule has 3 aromatic heterocycles. The number of nitrogens with zero attached hydrogens (tertiary/aromatic N) is 4. The molecule has 0 saturated heterocycles. The van der Waals surface area contributed by atoms with Crippen LogP contribution in [0.5, 0.6) is 0 Å². The first-order chi connectivity index (χ1) is 14.1. The molecule has 0 radical (unpaired) electrons. The molecule has 2 N–H and O–H groups in total. The summed E-state index contributed by atoms with van der Waals surface area (Å²) >= 11 is 0. The molecular weight excluding hydrogens is 364 g/mol. The van der Waals surface area contributed by atoms with Crippen molar-refractivity contribution in [3.05, 3.63) is 47.2 Å². The van der Waals surface area contributed by atoms with Crippen LogP contribution >= 0.6 is 0 Å². The van der Waals surface area contributed by atoms with Gasteiger partial charge in [-0.2, -0.15) is 5.10 Å². The van der Waals surface area contributed by atoms with Crippen LogP contribution < -0.4 is 5.32 Å². The number of H-pyrrole nitrogens is 1. The summed E-state index contributed by atoms with van der Waals surface area (Å²) in [5.74, 6) is 1.10. The number of rotatable bonds is 7. The topological polar surface area (TPSA) is 88.0 Å². The zero-order valence-electron chi connectivity index (χ0n) is 17.4. The van der Waals surface area contributed by atoms with Crippen molar-refractivity contribution in [2.45, 2.75) is 65.2 Å². The molecule has 0 atom stereocenters. The molecule has 0 bridgehead atoms. The number of aryl methyl sites for hydroxylation is 2. The molecule has 4 rings (SSSR count). The summed E-state index contributed by atoms with van der Waals surface area (Å²) in [6.07, 6.45) is 10.0. The highest BCUT2D eigenvalue weighted by Gasteiger charge is 2.34. The zero-order chi connectivity index (χ0) is 20.3. The van der Waals surface area contributed by atoms with Gasteiger partial charge in [0.2, 0.25) is 5.91 Å². The molecule has 0 aromatic carbocycles. The van der Waals surface area contributed by atoms with E-state index >= 15 is 0 Å². The SMILES string of the molecule is Cc1n[nH]c(C)c1CCC(=O)NCC1(Cc2nnc3ccccn23)CCCCC1. The smallest absolute Gasteiger partial charge is 0.220 e. The van der Waals surface area contributed by atoms with Gasteiger partial charge in [-0.15, -0.1) is 10.2 Å². The highest BCUT2D eigenvalue weighted by molar-refractivity contribution is 5.76. The highest BCUT2D eigenvalue weighted by Crippen LogP contribution is 2.38. The van der Waals surface area contributed by atoms with Crippen molar-refractivity contribution >= 4 is 11.6 Å². The molecule has 0 unspecified atom stereocenters. The summed E-state index contributed by atoms with van der Waals surface area (Å²) in [6, 6.07) is 5.97. The van der Waals surface area contributed by atoms with Crippen molar-refractivity contribution in [2.24, 2.45) is 5.41 Å². The van der Waals surface area contributed by atoms with E-state index in [0.717, 1.165) is 54.1 Å². The first-order valence-corrected chi connectivity index (χ1v) is 10.6. The fourth-order valence-corrected chi connectivity index (χ4v) is 4.62. The summed E-state index contributed by atoms with van der Waals surface area (Å²) < 4.78 is 2.07. The molecule has 3 aromatic rings. The zero-order valence-corrected chi connectivity index (χ0v) is 17.4. The third-order valence-electron chi connectivity index (χ3n) is 6.37. The third-order valence-corrected chi connectivity index (χ3v) is 6.37. The predicted molar refractivity (Wildman–Crippen MR) is 112 cm³/mol. The molecule has 1 fully saturated rings. The van der Waals surface area contributed by atoms with Crippen molar-refractivity contribution in [1.82, 2.24) is 30.1 Å². The van der Waals surface area contributed by atoms with E-state index < -0.39 is 0 Å². The Bertz CT molecular complexity index is 963. The van der Waals surface area contributed by atoms with E-state index in [0.29, 0.717) is 13.0 Å². The molecule has 154 valence electrons. The maximum Gasteiger partial charge on any atom is 0.220 e. The Balaban J connectivity index is 1.41. The Labute approximate surface area is 171 Å². The highest BCUT2D eigenvalue weighted by atomic mass is 16.1. The first kappa shape index (κ1) is 19.6. The predicted octanol–water partition coefficient (Wildman–Crippen LogP) is 3.31. The van der Waals surface area contributed by atoms with Gasteiger partial charge in [0.25, 0.3) is 0 Å². The Hall–Kier alpha value is -2.70. The van der Waals surface area contributed by atoms with Crippen LogP contribution in [0.25, 0.3) is 5.65 Å². The number of pyridine rings is 1. The summed E-state index contributed by atoms with van der Waals surface area (Å²) in [7, 11) is 0. The van der Waals surface area contributed by atoms with Crippen molar-refractivity contribution in [2.75, 3.05) is 6.54 Å². The van der Waals surface area contributed by atoms with E-state index in [1.165, 1.54) is 19.3 Å². The maximum absolute atomic E-state index is 12.6. The van der Waals surface area contributed by atoms with Gasteiger partial charge in [-0.1, -0.05) is 25.3 Å². The summed E-state index contributed by atoms with van der Waals surface area (Å²) in [5, 5.41) is 19.2.